The maximum atomic E-state index is 13.9. The molecule has 0 saturated carbocycles. The van der Waals surface area contributed by atoms with Gasteiger partial charge in [0.15, 0.2) is 0 Å². The minimum absolute atomic E-state index is 0.0544. The Morgan fingerprint density at radius 1 is 0.513 bits per heavy atom. The van der Waals surface area contributed by atoms with Gasteiger partial charge in [-0.2, -0.15) is 79.0 Å². The number of rotatable bonds is 4. The molecule has 0 aliphatic heterocycles. The Hall–Kier alpha value is -2.82. The Labute approximate surface area is 205 Å². The summed E-state index contributed by atoms with van der Waals surface area (Å²) >= 11 is 0. The van der Waals surface area contributed by atoms with Crippen LogP contribution >= 0.6 is 0 Å². The van der Waals surface area contributed by atoms with Crippen molar-refractivity contribution in [2.24, 2.45) is 0 Å². The molecule has 39 heavy (non-hydrogen) atoms. The average molecular weight is 603 g/mol. The van der Waals surface area contributed by atoms with Crippen LogP contribution in [0.3, 0.4) is 0 Å². The van der Waals surface area contributed by atoms with Gasteiger partial charge in [0.2, 0.25) is 0 Å². The van der Waals surface area contributed by atoms with Gasteiger partial charge in [-0.1, -0.05) is 12.1 Å². The number of alkyl halides is 18. The van der Waals surface area contributed by atoms with Gasteiger partial charge in [-0.15, -0.1) is 0 Å². The molecule has 0 spiro atoms. The van der Waals surface area contributed by atoms with Crippen molar-refractivity contribution < 1.29 is 79.0 Å². The molecular weight excluding hydrogens is 594 g/mol. The van der Waals surface area contributed by atoms with Crippen LogP contribution in [0.25, 0.3) is 11.1 Å². The summed E-state index contributed by atoms with van der Waals surface area (Å²) in [4.78, 5) is 0. The fraction of sp³-hybridized carbons (Fsp3) is 0.429. The van der Waals surface area contributed by atoms with E-state index in [2.05, 4.69) is 0 Å². The lowest BCUT2D eigenvalue weighted by Gasteiger charge is -2.27. The topological polar surface area (TPSA) is 0 Å². The molecule has 2 aromatic rings. The Bertz CT molecular complexity index is 1180. The fourth-order valence-corrected chi connectivity index (χ4v) is 3.75. The summed E-state index contributed by atoms with van der Waals surface area (Å²) in [6.07, 6.45) is -43.4. The molecule has 0 bridgehead atoms. The van der Waals surface area contributed by atoms with E-state index in [4.69, 9.17) is 0 Å². The molecule has 0 amide bonds. The maximum Gasteiger partial charge on any atom is 0.417 e. The van der Waals surface area contributed by atoms with Gasteiger partial charge in [0, 0.05) is 0 Å². The largest absolute Gasteiger partial charge is 0.417 e. The highest BCUT2D eigenvalue weighted by Crippen LogP contribution is 2.52. The molecule has 0 nitrogen and oxygen atoms in total. The van der Waals surface area contributed by atoms with Crippen LogP contribution in [0.5, 0.6) is 0 Å². The molecule has 0 atom stereocenters. The lowest BCUT2D eigenvalue weighted by molar-refractivity contribution is -0.174. The fourth-order valence-electron chi connectivity index (χ4n) is 3.75. The number of halogens is 18. The van der Waals surface area contributed by atoms with Crippen LogP contribution in [-0.4, -0.2) is 18.5 Å². The van der Waals surface area contributed by atoms with Gasteiger partial charge in [0.1, 0.15) is 0 Å². The van der Waals surface area contributed by atoms with Crippen LogP contribution in [-0.2, 0) is 37.8 Å². The molecule has 18 heteroatoms. The van der Waals surface area contributed by atoms with Gasteiger partial charge >= 0.3 is 37.1 Å². The second-order valence-electron chi connectivity index (χ2n) is 7.93. The Morgan fingerprint density at radius 3 is 1.36 bits per heavy atom. The van der Waals surface area contributed by atoms with E-state index in [-0.39, 0.29) is 6.07 Å². The first-order valence-electron chi connectivity index (χ1n) is 9.76. The molecule has 2 aromatic carbocycles. The summed E-state index contributed by atoms with van der Waals surface area (Å²) < 4.78 is 240. The minimum Gasteiger partial charge on any atom is -0.171 e. The zero-order valence-electron chi connectivity index (χ0n) is 18.2. The monoisotopic (exact) mass is 603 g/mol. The molecule has 0 aromatic heterocycles. The summed E-state index contributed by atoms with van der Waals surface area (Å²) in [6.45, 7) is 0. The van der Waals surface area contributed by atoms with Crippen LogP contribution in [0, 0.1) is 6.07 Å². The zero-order valence-corrected chi connectivity index (χ0v) is 18.2. The Balaban J connectivity index is 3.28. The predicted molar refractivity (Wildman–Crippen MR) is 95.0 cm³/mol. The third-order valence-electron chi connectivity index (χ3n) is 4.90. The van der Waals surface area contributed by atoms with E-state index in [0.717, 1.165) is 0 Å². The lowest BCUT2D eigenvalue weighted by Crippen LogP contribution is -2.25. The van der Waals surface area contributed by atoms with E-state index >= 15 is 0 Å². The molecule has 0 saturated heterocycles. The molecule has 2 rings (SSSR count). The summed E-state index contributed by atoms with van der Waals surface area (Å²) in [5, 5.41) is 0. The standard InChI is InChI=1S/C21H9F18/c22-16(23,24)5-8-1-2-9(6-17(25,26)27)13(11(8)7-18(28,29)30)10-3-4-12(19(31,32)33)15(21(37,38)39)14(10)20(34,35)36/h1,3-4H,5-7H2. The van der Waals surface area contributed by atoms with Gasteiger partial charge in [0.25, 0.3) is 0 Å². The Morgan fingerprint density at radius 2 is 0.974 bits per heavy atom. The van der Waals surface area contributed by atoms with Crippen molar-refractivity contribution in [3.05, 3.63) is 57.6 Å². The highest BCUT2D eigenvalue weighted by atomic mass is 19.4. The van der Waals surface area contributed by atoms with Crippen LogP contribution in [0.15, 0.2) is 18.2 Å². The van der Waals surface area contributed by atoms with E-state index in [1.165, 1.54) is 6.07 Å². The number of hydrogen-bond donors (Lipinski definition) is 0. The summed E-state index contributed by atoms with van der Waals surface area (Å²) in [5.74, 6) is 0. The molecule has 219 valence electrons. The van der Waals surface area contributed by atoms with E-state index in [0.29, 0.717) is 0 Å². The van der Waals surface area contributed by atoms with Crippen LogP contribution in [0.4, 0.5) is 79.0 Å². The second kappa shape index (κ2) is 9.98. The SMILES string of the molecule is FC(F)(F)Cc1[c]cc(CC(F)(F)F)c(CC(F)(F)F)c1-c1ccc(C(F)(F)F)c(C(F)(F)F)c1C(F)(F)F. The second-order valence-corrected chi connectivity index (χ2v) is 7.93. The van der Waals surface area contributed by atoms with Crippen LogP contribution < -0.4 is 0 Å². The third-order valence-corrected chi connectivity index (χ3v) is 4.90. The van der Waals surface area contributed by atoms with Gasteiger partial charge in [-0.3, -0.25) is 0 Å². The van der Waals surface area contributed by atoms with Crippen molar-refractivity contribution in [1.29, 1.82) is 0 Å². The molecule has 0 aliphatic rings. The maximum absolute atomic E-state index is 13.9. The summed E-state index contributed by atoms with van der Waals surface area (Å²) in [7, 11) is 0. The first-order chi connectivity index (χ1) is 17.1. The van der Waals surface area contributed by atoms with Crippen molar-refractivity contribution in [3.63, 3.8) is 0 Å². The Kier molecular flexibility index (Phi) is 8.29. The van der Waals surface area contributed by atoms with Gasteiger partial charge in [0.05, 0.1) is 36.0 Å². The van der Waals surface area contributed by atoms with E-state index < -0.39 is 113 Å². The van der Waals surface area contributed by atoms with E-state index in [9.17, 15) is 79.0 Å². The molecule has 0 fully saturated rings. The first-order valence-corrected chi connectivity index (χ1v) is 9.76. The quantitative estimate of drug-likeness (QED) is 0.306. The molecule has 0 unspecified atom stereocenters. The highest BCUT2D eigenvalue weighted by molar-refractivity contribution is 5.78. The molecule has 1 radical (unpaired) electrons. The third kappa shape index (κ3) is 8.33. The van der Waals surface area contributed by atoms with Crippen molar-refractivity contribution in [2.45, 2.75) is 56.3 Å². The molecular formula is C21H9F18. The molecule has 0 heterocycles. The molecule has 0 N–H and O–H groups in total. The van der Waals surface area contributed by atoms with E-state index in [1.807, 2.05) is 0 Å². The van der Waals surface area contributed by atoms with Gasteiger partial charge < -0.3 is 0 Å². The van der Waals surface area contributed by atoms with Crippen molar-refractivity contribution in [1.82, 2.24) is 0 Å². The van der Waals surface area contributed by atoms with Gasteiger partial charge in [-0.25, -0.2) is 0 Å². The average Bonchev–Trinajstić information content (AvgIpc) is 2.63. The van der Waals surface area contributed by atoms with Crippen molar-refractivity contribution >= 4 is 0 Å². The number of hydrogen-bond acceptors (Lipinski definition) is 0. The normalized spacial score (nSPS) is 14.2. The van der Waals surface area contributed by atoms with Gasteiger partial charge in [-0.05, 0) is 39.9 Å². The lowest BCUT2D eigenvalue weighted by atomic mass is 9.82. The summed E-state index contributed by atoms with van der Waals surface area (Å²) in [5.41, 5.74) is -19.5. The smallest absolute Gasteiger partial charge is 0.171 e. The predicted octanol–water partition coefficient (Wildman–Crippen LogP) is 9.52. The van der Waals surface area contributed by atoms with E-state index in [1.54, 1.807) is 0 Å². The van der Waals surface area contributed by atoms with Crippen LogP contribution in [0.1, 0.15) is 33.4 Å². The zero-order chi connectivity index (χ0) is 30.6. The highest BCUT2D eigenvalue weighted by Gasteiger charge is 2.52. The first kappa shape index (κ1) is 32.4. The van der Waals surface area contributed by atoms with Crippen LogP contribution in [0.2, 0.25) is 0 Å². The minimum atomic E-state index is -6.53. The molecule has 0 aliphatic carbocycles. The van der Waals surface area contributed by atoms with Crippen molar-refractivity contribution in [3.8, 4) is 11.1 Å². The van der Waals surface area contributed by atoms with Crippen molar-refractivity contribution in [2.75, 3.05) is 0 Å². The summed E-state index contributed by atoms with van der Waals surface area (Å²) in [6, 6.07) is 0.239. The number of benzene rings is 2.